The number of hydrogen-bond acceptors (Lipinski definition) is 2. The van der Waals surface area contributed by atoms with E-state index in [2.05, 4.69) is 530 Å². The molecule has 0 bridgehead atoms. The van der Waals surface area contributed by atoms with Crippen molar-refractivity contribution in [2.45, 2.75) is 13.8 Å². The predicted molar refractivity (Wildman–Crippen MR) is 554 cm³/mol. The molecule has 4 heteroatoms. The van der Waals surface area contributed by atoms with Gasteiger partial charge in [0.1, 0.15) is 0 Å². The minimum absolute atomic E-state index is 1.10. The van der Waals surface area contributed by atoms with Crippen molar-refractivity contribution in [2.75, 3.05) is 9.80 Å². The lowest BCUT2D eigenvalue weighted by atomic mass is 9.84. The second-order valence-corrected chi connectivity index (χ2v) is 33.9. The highest BCUT2D eigenvalue weighted by molar-refractivity contribution is 6.24. The second-order valence-electron chi connectivity index (χ2n) is 33.9. The average Bonchev–Trinajstić information content (AvgIpc) is 1.16. The summed E-state index contributed by atoms with van der Waals surface area (Å²) in [6, 6.07) is 181. The van der Waals surface area contributed by atoms with E-state index in [4.69, 9.17) is 0 Å². The topological polar surface area (TPSA) is 16.3 Å². The molecule has 24 aromatic rings. The van der Waals surface area contributed by atoms with Crippen LogP contribution in [-0.4, -0.2) is 9.13 Å². The van der Waals surface area contributed by atoms with Crippen LogP contribution in [0.4, 0.5) is 34.1 Å². The van der Waals surface area contributed by atoms with Crippen LogP contribution in [0.2, 0.25) is 0 Å². The van der Waals surface area contributed by atoms with E-state index in [-0.39, 0.29) is 0 Å². The monoisotopic (exact) mass is 1660 g/mol. The van der Waals surface area contributed by atoms with Crippen LogP contribution >= 0.6 is 0 Å². The van der Waals surface area contributed by atoms with E-state index in [0.717, 1.165) is 45.5 Å². The SMILES string of the molecule is Cc1ccc2c(-c3ccc(-c4ccc(N(c5ccccc5)c5ccc(-n6c7ccccc7c7ccccc76)cc5)cc4)cc3)c3ccccc3c(-c3cccc(-c4ccccc4)c3)c2c1.Cc1ccc2c(-c3cccc(-c4ccccc4)c3)c3ccccc3c(-c3ccc(-c4ccc(N(c5ccccc5)c5ccc(-n6c7ccccc7c7ccccc76)cc5)cc4)cc3)c2c1. The van der Waals surface area contributed by atoms with Gasteiger partial charge in [-0.05, 0) is 279 Å². The third-order valence-electron chi connectivity index (χ3n) is 26.1. The standard InChI is InChI=1S/2C63H44N2/c1-43-27-40-58-59(41-43)62(56-23-8-9-24-57(56)63(58)49-18-14-17-48(42-49)44-15-4-2-5-16-44)47-30-28-45(29-31-47)46-32-34-51(35-33-46)64(50-19-6-3-7-20-50)52-36-38-53(39-37-52)65-60-25-12-10-21-54(60)55-22-11-13-26-61(55)65;1-43-27-40-58-59(41-43)63(49-18-14-17-48(42-49)44-15-4-2-5-16-44)57-24-9-8-23-56(57)62(58)47-30-28-45(29-31-47)46-32-34-51(35-33-46)64(50-19-6-3-7-20-50)52-36-38-53(39-37-52)65-60-25-12-10-21-54(60)55-22-11-13-26-61(55)65/h2*2-42H,1H3. The smallest absolute Gasteiger partial charge is 0.0541 e. The van der Waals surface area contributed by atoms with Crippen molar-refractivity contribution in [1.82, 2.24) is 9.13 Å². The summed E-state index contributed by atoms with van der Waals surface area (Å²) < 4.78 is 4.74. The molecule has 0 fully saturated rings. The van der Waals surface area contributed by atoms with E-state index in [1.165, 1.54) is 187 Å². The van der Waals surface area contributed by atoms with Crippen molar-refractivity contribution >= 4 is 121 Å². The summed E-state index contributed by atoms with van der Waals surface area (Å²) >= 11 is 0. The molecule has 612 valence electrons. The average molecular weight is 1660 g/mol. The van der Waals surface area contributed by atoms with Crippen LogP contribution < -0.4 is 9.80 Å². The molecule has 0 spiro atoms. The lowest BCUT2D eigenvalue weighted by molar-refractivity contribution is 1.17. The van der Waals surface area contributed by atoms with Gasteiger partial charge in [0.05, 0.1) is 22.1 Å². The first kappa shape index (κ1) is 77.9. The van der Waals surface area contributed by atoms with Crippen LogP contribution in [0.15, 0.2) is 497 Å². The molecule has 0 unspecified atom stereocenters. The van der Waals surface area contributed by atoms with Crippen molar-refractivity contribution < 1.29 is 0 Å². The lowest BCUT2D eigenvalue weighted by Crippen LogP contribution is -2.10. The zero-order chi connectivity index (χ0) is 86.5. The molecule has 0 aliphatic carbocycles. The maximum atomic E-state index is 2.37. The van der Waals surface area contributed by atoms with E-state index >= 15 is 0 Å². The molecule has 2 heterocycles. The second kappa shape index (κ2) is 33.5. The van der Waals surface area contributed by atoms with Crippen LogP contribution in [0.3, 0.4) is 0 Å². The van der Waals surface area contributed by atoms with Crippen LogP contribution in [0.25, 0.3) is 187 Å². The number of benzene rings is 22. The van der Waals surface area contributed by atoms with Gasteiger partial charge in [0.15, 0.2) is 0 Å². The van der Waals surface area contributed by atoms with Crippen LogP contribution in [-0.2, 0) is 0 Å². The highest BCUT2D eigenvalue weighted by Crippen LogP contribution is 2.49. The predicted octanol–water partition coefficient (Wildman–Crippen LogP) is 35.1. The van der Waals surface area contributed by atoms with Crippen molar-refractivity contribution in [3.63, 3.8) is 0 Å². The highest BCUT2D eigenvalue weighted by Gasteiger charge is 2.24. The van der Waals surface area contributed by atoms with Crippen LogP contribution in [0, 0.1) is 13.8 Å². The Morgan fingerprint density at radius 2 is 0.354 bits per heavy atom. The first-order chi connectivity index (χ1) is 64.3. The molecule has 0 radical (unpaired) electrons. The summed E-state index contributed by atoms with van der Waals surface area (Å²) in [5.41, 5.74) is 35.8. The summed E-state index contributed by atoms with van der Waals surface area (Å²) in [5.74, 6) is 0. The third-order valence-corrected chi connectivity index (χ3v) is 26.1. The summed E-state index contributed by atoms with van der Waals surface area (Å²) in [6.45, 7) is 4.39. The third kappa shape index (κ3) is 14.3. The van der Waals surface area contributed by atoms with Gasteiger partial charge in [-0.3, -0.25) is 0 Å². The van der Waals surface area contributed by atoms with Gasteiger partial charge in [0.2, 0.25) is 0 Å². The van der Waals surface area contributed by atoms with Crippen LogP contribution in [0.1, 0.15) is 11.1 Å². The number of fused-ring (bicyclic) bond motifs is 10. The molecule has 22 aromatic carbocycles. The fraction of sp³-hybridized carbons (Fsp3) is 0.0159. The Balaban J connectivity index is 0.000000148. The molecule has 0 saturated heterocycles. The molecule has 0 saturated carbocycles. The minimum Gasteiger partial charge on any atom is -0.311 e. The molecule has 0 N–H and O–H groups in total. The quantitative estimate of drug-likeness (QED) is 0.0897. The molecular formula is C126H88N4. The Hall–Kier alpha value is -16.9. The lowest BCUT2D eigenvalue weighted by Gasteiger charge is -2.26. The molecule has 0 aliphatic heterocycles. The van der Waals surface area contributed by atoms with E-state index in [1.54, 1.807) is 0 Å². The zero-order valence-electron chi connectivity index (χ0n) is 72.1. The minimum atomic E-state index is 1.10. The number of aryl methyl sites for hydroxylation is 2. The first-order valence-corrected chi connectivity index (χ1v) is 44.8. The molecule has 0 atom stereocenters. The van der Waals surface area contributed by atoms with Gasteiger partial charge in [-0.1, -0.05) is 375 Å². The van der Waals surface area contributed by atoms with E-state index in [0.29, 0.717) is 0 Å². The number of anilines is 6. The van der Waals surface area contributed by atoms with Crippen molar-refractivity contribution in [2.24, 2.45) is 0 Å². The van der Waals surface area contributed by atoms with Crippen molar-refractivity contribution in [3.8, 4) is 100 Å². The number of aromatic nitrogens is 2. The van der Waals surface area contributed by atoms with Gasteiger partial charge in [0, 0.05) is 67.0 Å². The highest BCUT2D eigenvalue weighted by atomic mass is 15.1. The van der Waals surface area contributed by atoms with E-state index in [1.807, 2.05) is 0 Å². The fourth-order valence-corrected chi connectivity index (χ4v) is 20.0. The van der Waals surface area contributed by atoms with Gasteiger partial charge in [-0.25, -0.2) is 0 Å². The number of rotatable bonds is 16. The Bertz CT molecular complexity index is 8240. The van der Waals surface area contributed by atoms with E-state index < -0.39 is 0 Å². The van der Waals surface area contributed by atoms with Gasteiger partial charge in [-0.2, -0.15) is 0 Å². The molecule has 24 rings (SSSR count). The molecule has 4 nitrogen and oxygen atoms in total. The Morgan fingerprint density at radius 1 is 0.138 bits per heavy atom. The molecule has 2 aromatic heterocycles. The molecule has 0 amide bonds. The summed E-state index contributed by atoms with van der Waals surface area (Å²) in [4.78, 5) is 4.67. The maximum absolute atomic E-state index is 2.37. The van der Waals surface area contributed by atoms with Gasteiger partial charge < -0.3 is 18.9 Å². The Labute approximate surface area is 757 Å². The first-order valence-electron chi connectivity index (χ1n) is 44.8. The van der Waals surface area contributed by atoms with Crippen LogP contribution in [0.5, 0.6) is 0 Å². The number of hydrogen-bond donors (Lipinski definition) is 0. The van der Waals surface area contributed by atoms with Crippen molar-refractivity contribution in [3.05, 3.63) is 509 Å². The Kier molecular flexibility index (Phi) is 20.1. The zero-order valence-corrected chi connectivity index (χ0v) is 72.1. The number of nitrogens with zero attached hydrogens (tertiary/aromatic N) is 4. The van der Waals surface area contributed by atoms with Gasteiger partial charge in [0.25, 0.3) is 0 Å². The normalized spacial score (nSPS) is 11.5. The van der Waals surface area contributed by atoms with Gasteiger partial charge >= 0.3 is 0 Å². The summed E-state index contributed by atoms with van der Waals surface area (Å²) in [5, 5.41) is 15.1. The Morgan fingerprint density at radius 3 is 0.685 bits per heavy atom. The maximum Gasteiger partial charge on any atom is 0.0541 e. The summed E-state index contributed by atoms with van der Waals surface area (Å²) in [7, 11) is 0. The van der Waals surface area contributed by atoms with Gasteiger partial charge in [-0.15, -0.1) is 0 Å². The molecule has 130 heavy (non-hydrogen) atoms. The summed E-state index contributed by atoms with van der Waals surface area (Å²) in [6.07, 6.45) is 0. The number of para-hydroxylation sites is 6. The largest absolute Gasteiger partial charge is 0.311 e. The van der Waals surface area contributed by atoms with E-state index in [9.17, 15) is 0 Å². The molecule has 0 aliphatic rings. The van der Waals surface area contributed by atoms with Crippen molar-refractivity contribution in [1.29, 1.82) is 0 Å². The molecular weight excluding hydrogens is 1570 g/mol. The fourth-order valence-electron chi connectivity index (χ4n) is 20.0.